The Kier molecular flexibility index (Phi) is 5.88. The summed E-state index contributed by atoms with van der Waals surface area (Å²) < 4.78 is 5.35. The van der Waals surface area contributed by atoms with Crippen LogP contribution in [-0.2, 0) is 9.53 Å². The highest BCUT2D eigenvalue weighted by molar-refractivity contribution is 5.76. The van der Waals surface area contributed by atoms with Crippen LogP contribution in [0, 0.1) is 5.92 Å². The number of rotatable bonds is 5. The van der Waals surface area contributed by atoms with Crippen LogP contribution in [0.5, 0.6) is 0 Å². The molecule has 0 aromatic rings. The lowest BCUT2D eigenvalue weighted by atomic mass is 10.0. The van der Waals surface area contributed by atoms with Crippen LogP contribution in [0.4, 0.5) is 0 Å². The van der Waals surface area contributed by atoms with Crippen LogP contribution in [0.1, 0.15) is 48.0 Å². The molecule has 0 amide bonds. The minimum absolute atomic E-state index is 0.141. The number of likely N-dealkylation sites (N-methyl/N-ethyl adjacent to an activating group) is 1. The molecule has 1 atom stereocenters. The first-order valence-electron chi connectivity index (χ1n) is 5.72. The van der Waals surface area contributed by atoms with Crippen LogP contribution in [0.15, 0.2) is 0 Å². The number of hydrogen-bond donors (Lipinski definition) is 1. The standard InChI is InChI=1S/C12H25NO2/c1-7-13-10(8-9(2)3)11(14)15-12(4,5)6/h9-10,13H,7-8H2,1-6H3/t10-/m1/s1. The molecule has 3 heteroatoms. The maximum absolute atomic E-state index is 11.8. The lowest BCUT2D eigenvalue weighted by Gasteiger charge is -2.25. The summed E-state index contributed by atoms with van der Waals surface area (Å²) in [6.07, 6.45) is 0.822. The second-order valence-electron chi connectivity index (χ2n) is 5.27. The monoisotopic (exact) mass is 215 g/mol. The van der Waals surface area contributed by atoms with E-state index in [-0.39, 0.29) is 12.0 Å². The van der Waals surface area contributed by atoms with Crippen LogP contribution in [0.2, 0.25) is 0 Å². The molecule has 0 bridgehead atoms. The van der Waals surface area contributed by atoms with E-state index in [1.807, 2.05) is 27.7 Å². The van der Waals surface area contributed by atoms with Gasteiger partial charge in [0, 0.05) is 0 Å². The van der Waals surface area contributed by atoms with E-state index in [4.69, 9.17) is 4.74 Å². The largest absolute Gasteiger partial charge is 0.459 e. The summed E-state index contributed by atoms with van der Waals surface area (Å²) in [4.78, 5) is 11.8. The average Bonchev–Trinajstić information content (AvgIpc) is 1.99. The third-order valence-electron chi connectivity index (χ3n) is 1.85. The quantitative estimate of drug-likeness (QED) is 0.715. The third kappa shape index (κ3) is 7.37. The Bertz CT molecular complexity index is 194. The fourth-order valence-corrected chi connectivity index (χ4v) is 1.35. The van der Waals surface area contributed by atoms with E-state index in [9.17, 15) is 4.79 Å². The van der Waals surface area contributed by atoms with E-state index < -0.39 is 5.60 Å². The van der Waals surface area contributed by atoms with Gasteiger partial charge in [0.05, 0.1) is 0 Å². The summed E-state index contributed by atoms with van der Waals surface area (Å²) in [5, 5.41) is 3.16. The van der Waals surface area contributed by atoms with Gasteiger partial charge < -0.3 is 10.1 Å². The molecule has 0 rings (SSSR count). The van der Waals surface area contributed by atoms with Crippen LogP contribution >= 0.6 is 0 Å². The SMILES string of the molecule is CCN[C@H](CC(C)C)C(=O)OC(C)(C)C. The highest BCUT2D eigenvalue weighted by Crippen LogP contribution is 2.12. The topological polar surface area (TPSA) is 38.3 Å². The molecule has 15 heavy (non-hydrogen) atoms. The van der Waals surface area contributed by atoms with Crippen molar-refractivity contribution >= 4 is 5.97 Å². The van der Waals surface area contributed by atoms with E-state index in [0.717, 1.165) is 13.0 Å². The van der Waals surface area contributed by atoms with Gasteiger partial charge in [0.25, 0.3) is 0 Å². The summed E-state index contributed by atoms with van der Waals surface area (Å²) in [6.45, 7) is 12.7. The maximum atomic E-state index is 11.8. The molecule has 3 nitrogen and oxygen atoms in total. The molecule has 90 valence electrons. The lowest BCUT2D eigenvalue weighted by molar-refractivity contribution is -0.157. The molecule has 0 radical (unpaired) electrons. The summed E-state index contributed by atoms with van der Waals surface area (Å²) in [5.41, 5.74) is -0.401. The molecule has 0 unspecified atom stereocenters. The molecule has 1 N–H and O–H groups in total. The maximum Gasteiger partial charge on any atom is 0.323 e. The van der Waals surface area contributed by atoms with E-state index in [1.54, 1.807) is 0 Å². The van der Waals surface area contributed by atoms with Crippen LogP contribution in [0.3, 0.4) is 0 Å². The van der Waals surface area contributed by atoms with Gasteiger partial charge in [-0.3, -0.25) is 4.79 Å². The molecule has 0 saturated carbocycles. The van der Waals surface area contributed by atoms with Crippen molar-refractivity contribution in [1.29, 1.82) is 0 Å². The smallest absolute Gasteiger partial charge is 0.323 e. The molecule has 0 heterocycles. The zero-order valence-electron chi connectivity index (χ0n) is 10.9. The molecule has 0 fully saturated rings. The van der Waals surface area contributed by atoms with Gasteiger partial charge in [0.1, 0.15) is 11.6 Å². The van der Waals surface area contributed by atoms with Gasteiger partial charge >= 0.3 is 5.97 Å². The Labute approximate surface area is 93.6 Å². The number of carbonyl (C=O) groups excluding carboxylic acids is 1. The van der Waals surface area contributed by atoms with Crippen LogP contribution in [0.25, 0.3) is 0 Å². The predicted molar refractivity (Wildman–Crippen MR) is 62.8 cm³/mol. The Morgan fingerprint density at radius 2 is 1.87 bits per heavy atom. The van der Waals surface area contributed by atoms with Gasteiger partial charge in [-0.1, -0.05) is 20.8 Å². The predicted octanol–water partition coefficient (Wildman–Crippen LogP) is 2.35. The van der Waals surface area contributed by atoms with Gasteiger partial charge in [-0.25, -0.2) is 0 Å². The number of carbonyl (C=O) groups is 1. The van der Waals surface area contributed by atoms with Crippen LogP contribution in [-0.4, -0.2) is 24.2 Å². The lowest BCUT2D eigenvalue weighted by Crippen LogP contribution is -2.42. The molecule has 0 aliphatic heterocycles. The average molecular weight is 215 g/mol. The van der Waals surface area contributed by atoms with Crippen molar-refractivity contribution in [3.63, 3.8) is 0 Å². The summed E-state index contributed by atoms with van der Waals surface area (Å²) >= 11 is 0. The van der Waals surface area contributed by atoms with E-state index >= 15 is 0 Å². The first-order valence-corrected chi connectivity index (χ1v) is 5.72. The zero-order chi connectivity index (χ0) is 12.1. The number of ether oxygens (including phenoxy) is 1. The number of hydrogen-bond acceptors (Lipinski definition) is 3. The number of nitrogens with one attached hydrogen (secondary N) is 1. The van der Waals surface area contributed by atoms with Crippen molar-refractivity contribution in [2.75, 3.05) is 6.54 Å². The van der Waals surface area contributed by atoms with Crippen molar-refractivity contribution in [3.05, 3.63) is 0 Å². The molecular weight excluding hydrogens is 190 g/mol. The van der Waals surface area contributed by atoms with Gasteiger partial charge in [0.2, 0.25) is 0 Å². The second-order valence-corrected chi connectivity index (χ2v) is 5.27. The molecule has 0 aliphatic carbocycles. The van der Waals surface area contributed by atoms with Gasteiger partial charge in [-0.2, -0.15) is 0 Å². The minimum atomic E-state index is -0.401. The zero-order valence-corrected chi connectivity index (χ0v) is 10.9. The van der Waals surface area contributed by atoms with E-state index in [2.05, 4.69) is 19.2 Å². The van der Waals surface area contributed by atoms with Gasteiger partial charge in [-0.15, -0.1) is 0 Å². The fourth-order valence-electron chi connectivity index (χ4n) is 1.35. The fraction of sp³-hybridized carbons (Fsp3) is 0.917. The Hall–Kier alpha value is -0.570. The molecule has 0 aromatic carbocycles. The van der Waals surface area contributed by atoms with Crippen molar-refractivity contribution in [2.24, 2.45) is 5.92 Å². The molecule has 0 aromatic heterocycles. The molecule has 0 aliphatic rings. The van der Waals surface area contributed by atoms with E-state index in [0.29, 0.717) is 5.92 Å². The highest BCUT2D eigenvalue weighted by atomic mass is 16.6. The Morgan fingerprint density at radius 1 is 1.33 bits per heavy atom. The van der Waals surface area contributed by atoms with E-state index in [1.165, 1.54) is 0 Å². The summed E-state index contributed by atoms with van der Waals surface area (Å²) in [5.74, 6) is 0.347. The Morgan fingerprint density at radius 3 is 2.20 bits per heavy atom. The molecular formula is C12H25NO2. The summed E-state index contributed by atoms with van der Waals surface area (Å²) in [6, 6.07) is -0.172. The molecule has 0 saturated heterocycles. The number of esters is 1. The molecule has 0 spiro atoms. The van der Waals surface area contributed by atoms with Crippen molar-refractivity contribution < 1.29 is 9.53 Å². The second kappa shape index (κ2) is 6.11. The normalized spacial score (nSPS) is 14.1. The highest BCUT2D eigenvalue weighted by Gasteiger charge is 2.24. The Balaban J connectivity index is 4.28. The summed E-state index contributed by atoms with van der Waals surface area (Å²) in [7, 11) is 0. The minimum Gasteiger partial charge on any atom is -0.459 e. The van der Waals surface area contributed by atoms with Crippen molar-refractivity contribution in [2.45, 2.75) is 59.6 Å². The van der Waals surface area contributed by atoms with Crippen LogP contribution < -0.4 is 5.32 Å². The van der Waals surface area contributed by atoms with Gasteiger partial charge in [0.15, 0.2) is 0 Å². The van der Waals surface area contributed by atoms with Gasteiger partial charge in [-0.05, 0) is 39.7 Å². The first kappa shape index (κ1) is 14.4. The third-order valence-corrected chi connectivity index (χ3v) is 1.85. The first-order chi connectivity index (χ1) is 6.76. The van der Waals surface area contributed by atoms with Crippen molar-refractivity contribution in [3.8, 4) is 0 Å². The van der Waals surface area contributed by atoms with Crippen molar-refractivity contribution in [1.82, 2.24) is 5.32 Å².